The van der Waals surface area contributed by atoms with Gasteiger partial charge in [-0.25, -0.2) is 9.97 Å². The second-order valence-corrected chi connectivity index (χ2v) is 12.3. The van der Waals surface area contributed by atoms with E-state index < -0.39 is 0 Å². The minimum Gasteiger partial charge on any atom is -0.255 e. The van der Waals surface area contributed by atoms with E-state index >= 15 is 0 Å². The molecule has 0 N–H and O–H groups in total. The summed E-state index contributed by atoms with van der Waals surface area (Å²) in [6.45, 7) is 0. The number of para-hydroxylation sites is 1. The number of thiophene rings is 1. The largest absolute Gasteiger partial charge is 0.255 e. The fourth-order valence-corrected chi connectivity index (χ4v) is 7.61. The predicted octanol–water partition coefficient (Wildman–Crippen LogP) is 11.2. The number of hydrogen-bond donors (Lipinski definition) is 0. The normalized spacial score (nSPS) is 11.6. The Labute approximate surface area is 264 Å². The summed E-state index contributed by atoms with van der Waals surface area (Å²) in [5.41, 5.74) is 9.23. The average molecular weight is 592 g/mol. The van der Waals surface area contributed by atoms with Crippen LogP contribution in [0.4, 0.5) is 0 Å². The molecule has 0 unspecified atom stereocenters. The second kappa shape index (κ2) is 10.5. The van der Waals surface area contributed by atoms with Crippen LogP contribution < -0.4 is 0 Å². The first-order chi connectivity index (χ1) is 22.3. The zero-order valence-electron chi connectivity index (χ0n) is 24.2. The van der Waals surface area contributed by atoms with Gasteiger partial charge in [0.05, 0.1) is 28.3 Å². The topological polar surface area (TPSA) is 38.7 Å². The number of aromatic nitrogens is 3. The molecule has 0 saturated heterocycles. The number of hydrogen-bond acceptors (Lipinski definition) is 4. The molecule has 0 bridgehead atoms. The molecule has 0 fully saturated rings. The summed E-state index contributed by atoms with van der Waals surface area (Å²) < 4.78 is 2.64. The number of benzene rings is 5. The lowest BCUT2D eigenvalue weighted by atomic mass is 9.96. The Kier molecular flexibility index (Phi) is 6.00. The zero-order valence-corrected chi connectivity index (χ0v) is 25.0. The summed E-state index contributed by atoms with van der Waals surface area (Å²) in [5.74, 6) is 0. The third-order valence-corrected chi connectivity index (χ3v) is 9.76. The first-order valence-corrected chi connectivity index (χ1v) is 15.8. The van der Waals surface area contributed by atoms with Crippen LogP contribution in [0.2, 0.25) is 0 Å². The summed E-state index contributed by atoms with van der Waals surface area (Å²) in [5, 5.41) is 6.29. The van der Waals surface area contributed by atoms with Crippen LogP contribution in [-0.2, 0) is 0 Å². The number of nitrogens with zero attached hydrogens (tertiary/aromatic N) is 3. The minimum absolute atomic E-state index is 0.871. The van der Waals surface area contributed by atoms with Crippen LogP contribution in [0.15, 0.2) is 152 Å². The molecule has 0 amide bonds. The van der Waals surface area contributed by atoms with Crippen LogP contribution in [0.5, 0.6) is 0 Å². The average Bonchev–Trinajstić information content (AvgIpc) is 3.51. The molecule has 9 aromatic rings. The molecule has 0 spiro atoms. The van der Waals surface area contributed by atoms with Gasteiger partial charge in [0.1, 0.15) is 0 Å². The molecule has 0 aliphatic rings. The van der Waals surface area contributed by atoms with Gasteiger partial charge in [-0.05, 0) is 47.5 Å². The molecule has 4 aromatic heterocycles. The van der Waals surface area contributed by atoms with E-state index in [1.165, 1.54) is 36.3 Å². The lowest BCUT2D eigenvalue weighted by Gasteiger charge is -2.12. The summed E-state index contributed by atoms with van der Waals surface area (Å²) in [4.78, 5) is 14.5. The maximum absolute atomic E-state index is 5.20. The van der Waals surface area contributed by atoms with Crippen LogP contribution in [0.1, 0.15) is 0 Å². The Bertz CT molecular complexity index is 2520. The van der Waals surface area contributed by atoms with Gasteiger partial charge in [-0.2, -0.15) is 0 Å². The zero-order chi connectivity index (χ0) is 29.7. The Morgan fingerprint density at radius 1 is 0.400 bits per heavy atom. The smallest absolute Gasteiger partial charge is 0.0893 e. The molecule has 4 heterocycles. The monoisotopic (exact) mass is 591 g/mol. The standard InChI is InChI=1S/C41H25N3S/c1-3-10-35-32(9-1)39-33(24-23-31-30-8-2-4-14-38(30)45-41(31)39)40(44-35)29-21-17-27(18-22-29)26-15-19-28(20-16-26)34-12-7-13-37(43-34)36-11-5-6-25-42-36/h1-25H. The van der Waals surface area contributed by atoms with Crippen LogP contribution >= 0.6 is 11.3 Å². The highest BCUT2D eigenvalue weighted by Gasteiger charge is 2.16. The molecule has 0 aliphatic carbocycles. The SMILES string of the molecule is c1ccc(-c2cccc(-c3ccc(-c4ccc(-c5nc6ccccc6c6c5ccc5c7ccccc7sc56)cc4)cc3)n2)nc1. The van der Waals surface area contributed by atoms with E-state index in [0.717, 1.165) is 50.5 Å². The highest BCUT2D eigenvalue weighted by Crippen LogP contribution is 2.43. The van der Waals surface area contributed by atoms with Crippen molar-refractivity contribution in [2.24, 2.45) is 0 Å². The van der Waals surface area contributed by atoms with Gasteiger partial charge < -0.3 is 0 Å². The Morgan fingerprint density at radius 3 is 1.84 bits per heavy atom. The van der Waals surface area contributed by atoms with E-state index in [1.54, 1.807) is 6.20 Å². The molecule has 45 heavy (non-hydrogen) atoms. The maximum Gasteiger partial charge on any atom is 0.0893 e. The van der Waals surface area contributed by atoms with E-state index in [9.17, 15) is 0 Å². The van der Waals surface area contributed by atoms with Gasteiger partial charge in [0, 0.05) is 53.7 Å². The van der Waals surface area contributed by atoms with Crippen molar-refractivity contribution in [1.29, 1.82) is 0 Å². The van der Waals surface area contributed by atoms with Crippen molar-refractivity contribution >= 4 is 53.2 Å². The quantitative estimate of drug-likeness (QED) is 0.191. The van der Waals surface area contributed by atoms with Gasteiger partial charge in [0.15, 0.2) is 0 Å². The van der Waals surface area contributed by atoms with E-state index in [1.807, 2.05) is 47.7 Å². The Hall–Kier alpha value is -5.71. The molecular weight excluding hydrogens is 567 g/mol. The third kappa shape index (κ3) is 4.38. The Morgan fingerprint density at radius 2 is 1.04 bits per heavy atom. The lowest BCUT2D eigenvalue weighted by Crippen LogP contribution is -1.90. The predicted molar refractivity (Wildman–Crippen MR) is 189 cm³/mol. The van der Waals surface area contributed by atoms with Gasteiger partial charge in [-0.1, -0.05) is 109 Å². The van der Waals surface area contributed by atoms with Crippen molar-refractivity contribution in [2.75, 3.05) is 0 Å². The van der Waals surface area contributed by atoms with E-state index in [2.05, 4.69) is 114 Å². The highest BCUT2D eigenvalue weighted by atomic mass is 32.1. The first-order valence-electron chi connectivity index (χ1n) is 15.0. The van der Waals surface area contributed by atoms with Crippen molar-refractivity contribution in [3.8, 4) is 45.0 Å². The first kappa shape index (κ1) is 25.8. The molecule has 0 atom stereocenters. The van der Waals surface area contributed by atoms with Gasteiger partial charge in [0.25, 0.3) is 0 Å². The molecule has 0 radical (unpaired) electrons. The summed E-state index contributed by atoms with van der Waals surface area (Å²) >= 11 is 1.87. The number of fused-ring (bicyclic) bond motifs is 7. The third-order valence-electron chi connectivity index (χ3n) is 8.56. The number of rotatable bonds is 4. The summed E-state index contributed by atoms with van der Waals surface area (Å²) in [6, 6.07) is 51.1. The van der Waals surface area contributed by atoms with E-state index in [-0.39, 0.29) is 0 Å². The van der Waals surface area contributed by atoms with Crippen LogP contribution in [0.25, 0.3) is 86.9 Å². The molecule has 4 heteroatoms. The van der Waals surface area contributed by atoms with Gasteiger partial charge in [0.2, 0.25) is 0 Å². The maximum atomic E-state index is 5.20. The summed E-state index contributed by atoms with van der Waals surface area (Å²) in [6.07, 6.45) is 1.80. The summed E-state index contributed by atoms with van der Waals surface area (Å²) in [7, 11) is 0. The molecule has 0 aliphatic heterocycles. The van der Waals surface area contributed by atoms with Crippen molar-refractivity contribution in [1.82, 2.24) is 15.0 Å². The lowest BCUT2D eigenvalue weighted by molar-refractivity contribution is 1.25. The van der Waals surface area contributed by atoms with Crippen molar-refractivity contribution in [2.45, 2.75) is 0 Å². The highest BCUT2D eigenvalue weighted by molar-refractivity contribution is 7.26. The fourth-order valence-electron chi connectivity index (χ4n) is 6.34. The van der Waals surface area contributed by atoms with Gasteiger partial charge in [-0.3, -0.25) is 4.98 Å². The second-order valence-electron chi connectivity index (χ2n) is 11.2. The molecule has 5 aromatic carbocycles. The van der Waals surface area contributed by atoms with Crippen molar-refractivity contribution in [3.63, 3.8) is 0 Å². The Balaban J connectivity index is 1.10. The number of pyridine rings is 3. The molecular formula is C41H25N3S. The molecule has 3 nitrogen and oxygen atoms in total. The van der Waals surface area contributed by atoms with Crippen molar-refractivity contribution in [3.05, 3.63) is 152 Å². The fraction of sp³-hybridized carbons (Fsp3) is 0. The molecule has 210 valence electrons. The molecule has 0 saturated carbocycles. The van der Waals surface area contributed by atoms with Gasteiger partial charge >= 0.3 is 0 Å². The molecule has 9 rings (SSSR count). The van der Waals surface area contributed by atoms with Crippen LogP contribution in [-0.4, -0.2) is 15.0 Å². The van der Waals surface area contributed by atoms with Crippen LogP contribution in [0.3, 0.4) is 0 Å². The van der Waals surface area contributed by atoms with Crippen molar-refractivity contribution < 1.29 is 0 Å². The van der Waals surface area contributed by atoms with Gasteiger partial charge in [-0.15, -0.1) is 11.3 Å². The minimum atomic E-state index is 0.871. The van der Waals surface area contributed by atoms with E-state index in [0.29, 0.717) is 0 Å². The van der Waals surface area contributed by atoms with E-state index in [4.69, 9.17) is 9.97 Å². The van der Waals surface area contributed by atoms with Crippen LogP contribution in [0, 0.1) is 0 Å².